The SMILES string of the molecule is Cc1cc2c(s1)CCCCCCCCCC/C2=N/Nc1ccc([N+](=O)[O-])cc1. The zero-order valence-electron chi connectivity index (χ0n) is 16.6. The summed E-state index contributed by atoms with van der Waals surface area (Å²) in [6.45, 7) is 2.17. The highest BCUT2D eigenvalue weighted by atomic mass is 32.1. The normalized spacial score (nSPS) is 17.8. The van der Waals surface area contributed by atoms with Crippen molar-refractivity contribution in [2.24, 2.45) is 5.10 Å². The molecule has 150 valence electrons. The number of thiophene rings is 1. The third kappa shape index (κ3) is 5.89. The Morgan fingerprint density at radius 3 is 2.21 bits per heavy atom. The molecule has 0 saturated heterocycles. The van der Waals surface area contributed by atoms with E-state index in [0.29, 0.717) is 0 Å². The van der Waals surface area contributed by atoms with Crippen LogP contribution in [-0.4, -0.2) is 10.6 Å². The Kier molecular flexibility index (Phi) is 7.60. The van der Waals surface area contributed by atoms with Gasteiger partial charge in [0, 0.05) is 27.5 Å². The van der Waals surface area contributed by atoms with E-state index in [1.165, 1.54) is 72.4 Å². The highest BCUT2D eigenvalue weighted by molar-refractivity contribution is 7.12. The fourth-order valence-electron chi connectivity index (χ4n) is 3.67. The number of hydrazone groups is 1. The summed E-state index contributed by atoms with van der Waals surface area (Å²) in [6, 6.07) is 8.71. The Labute approximate surface area is 171 Å². The Morgan fingerprint density at radius 2 is 1.57 bits per heavy atom. The molecule has 1 heterocycles. The molecule has 0 atom stereocenters. The second kappa shape index (κ2) is 10.4. The third-order valence-electron chi connectivity index (χ3n) is 5.21. The molecule has 28 heavy (non-hydrogen) atoms. The summed E-state index contributed by atoms with van der Waals surface area (Å²) in [4.78, 5) is 13.2. The fourth-order valence-corrected chi connectivity index (χ4v) is 4.77. The number of fused-ring (bicyclic) bond motifs is 1. The molecule has 1 aliphatic carbocycles. The Bertz CT molecular complexity index is 812. The van der Waals surface area contributed by atoms with Crippen molar-refractivity contribution in [1.29, 1.82) is 0 Å². The van der Waals surface area contributed by atoms with Gasteiger partial charge >= 0.3 is 0 Å². The molecule has 1 aromatic heterocycles. The Balaban J connectivity index is 1.80. The van der Waals surface area contributed by atoms with Gasteiger partial charge in [-0.25, -0.2) is 0 Å². The number of nitrogens with one attached hydrogen (secondary N) is 1. The van der Waals surface area contributed by atoms with E-state index < -0.39 is 0 Å². The van der Waals surface area contributed by atoms with Crippen LogP contribution in [0.25, 0.3) is 0 Å². The maximum absolute atomic E-state index is 10.8. The number of non-ortho nitro benzene ring substituents is 1. The van der Waals surface area contributed by atoms with Gasteiger partial charge in [0.25, 0.3) is 5.69 Å². The molecule has 0 saturated carbocycles. The van der Waals surface area contributed by atoms with E-state index in [0.717, 1.165) is 30.7 Å². The lowest BCUT2D eigenvalue weighted by Crippen LogP contribution is -2.06. The molecule has 5 nitrogen and oxygen atoms in total. The molecule has 1 aromatic carbocycles. The van der Waals surface area contributed by atoms with Crippen LogP contribution in [0.1, 0.15) is 73.1 Å². The number of hydrogen-bond acceptors (Lipinski definition) is 5. The van der Waals surface area contributed by atoms with Crippen LogP contribution in [0, 0.1) is 17.0 Å². The van der Waals surface area contributed by atoms with E-state index in [1.54, 1.807) is 12.1 Å². The first-order valence-electron chi connectivity index (χ1n) is 10.3. The van der Waals surface area contributed by atoms with Gasteiger partial charge in [-0.1, -0.05) is 38.5 Å². The van der Waals surface area contributed by atoms with Crippen LogP contribution in [0.5, 0.6) is 0 Å². The van der Waals surface area contributed by atoms with E-state index in [9.17, 15) is 10.1 Å². The van der Waals surface area contributed by atoms with Crippen molar-refractivity contribution in [2.45, 2.75) is 71.1 Å². The van der Waals surface area contributed by atoms with Crippen LogP contribution < -0.4 is 5.43 Å². The van der Waals surface area contributed by atoms with Gasteiger partial charge in [-0.2, -0.15) is 5.10 Å². The molecule has 1 aliphatic rings. The van der Waals surface area contributed by atoms with Crippen LogP contribution in [-0.2, 0) is 6.42 Å². The van der Waals surface area contributed by atoms with E-state index in [-0.39, 0.29) is 10.6 Å². The Hall–Kier alpha value is -2.21. The van der Waals surface area contributed by atoms with Crippen molar-refractivity contribution < 1.29 is 4.92 Å². The summed E-state index contributed by atoms with van der Waals surface area (Å²) in [6.07, 6.45) is 12.4. The molecule has 0 unspecified atom stereocenters. The van der Waals surface area contributed by atoms with Crippen molar-refractivity contribution in [3.8, 4) is 0 Å². The van der Waals surface area contributed by atoms with Crippen molar-refractivity contribution >= 4 is 28.4 Å². The molecule has 6 heteroatoms. The van der Waals surface area contributed by atoms with Gasteiger partial charge in [0.2, 0.25) is 0 Å². The monoisotopic (exact) mass is 399 g/mol. The summed E-state index contributed by atoms with van der Waals surface area (Å²) in [5.74, 6) is 0. The van der Waals surface area contributed by atoms with Gasteiger partial charge in [-0.15, -0.1) is 11.3 Å². The average Bonchev–Trinajstić information content (AvgIpc) is 3.06. The van der Waals surface area contributed by atoms with Crippen LogP contribution in [0.2, 0.25) is 0 Å². The molecule has 0 spiro atoms. The van der Waals surface area contributed by atoms with E-state index in [1.807, 2.05) is 11.3 Å². The Morgan fingerprint density at radius 1 is 0.964 bits per heavy atom. The molecule has 2 aromatic rings. The van der Waals surface area contributed by atoms with Crippen molar-refractivity contribution in [1.82, 2.24) is 0 Å². The number of nitro benzene ring substituents is 1. The van der Waals surface area contributed by atoms with Gasteiger partial charge in [0.15, 0.2) is 0 Å². The standard InChI is InChI=1S/C22H29N3O2S/c1-17-16-20-21(24-23-18-12-14-19(15-13-18)25(26)27)10-8-6-4-2-3-5-7-9-11-22(20)28-17/h12-16,23H,2-11H2,1H3/b24-21-. The second-order valence-corrected chi connectivity index (χ2v) is 8.84. The zero-order valence-corrected chi connectivity index (χ0v) is 17.4. The molecular weight excluding hydrogens is 370 g/mol. The van der Waals surface area contributed by atoms with Crippen LogP contribution in [0.15, 0.2) is 35.4 Å². The van der Waals surface area contributed by atoms with Crippen LogP contribution >= 0.6 is 11.3 Å². The van der Waals surface area contributed by atoms with Gasteiger partial charge < -0.3 is 0 Å². The predicted molar refractivity (Wildman–Crippen MR) is 118 cm³/mol. The minimum atomic E-state index is -0.383. The number of benzene rings is 1. The first-order valence-corrected chi connectivity index (χ1v) is 11.1. The van der Waals surface area contributed by atoms with Gasteiger partial charge in [0.05, 0.1) is 16.3 Å². The maximum atomic E-state index is 10.8. The minimum Gasteiger partial charge on any atom is -0.278 e. The molecule has 0 fully saturated rings. The largest absolute Gasteiger partial charge is 0.278 e. The number of nitro groups is 1. The quantitative estimate of drug-likeness (QED) is 0.453. The summed E-state index contributed by atoms with van der Waals surface area (Å²) in [7, 11) is 0. The third-order valence-corrected chi connectivity index (χ3v) is 6.32. The first-order chi connectivity index (χ1) is 13.6. The fraction of sp³-hybridized carbons (Fsp3) is 0.500. The lowest BCUT2D eigenvalue weighted by molar-refractivity contribution is -0.384. The molecular formula is C22H29N3O2S. The lowest BCUT2D eigenvalue weighted by atomic mass is 10.0. The number of anilines is 1. The number of hydrogen-bond donors (Lipinski definition) is 1. The minimum absolute atomic E-state index is 0.0935. The lowest BCUT2D eigenvalue weighted by Gasteiger charge is -2.09. The summed E-state index contributed by atoms with van der Waals surface area (Å²) < 4.78 is 0. The molecule has 0 aliphatic heterocycles. The zero-order chi connectivity index (χ0) is 19.8. The van der Waals surface area contributed by atoms with Gasteiger partial charge in [-0.3, -0.25) is 15.5 Å². The van der Waals surface area contributed by atoms with Gasteiger partial charge in [-0.05, 0) is 50.8 Å². The summed E-state index contributed by atoms with van der Waals surface area (Å²) in [5.41, 5.74) is 6.39. The van der Waals surface area contributed by atoms with Crippen molar-refractivity contribution in [2.75, 3.05) is 5.43 Å². The predicted octanol–water partition coefficient (Wildman–Crippen LogP) is 6.85. The van der Waals surface area contributed by atoms with Gasteiger partial charge in [0.1, 0.15) is 0 Å². The highest BCUT2D eigenvalue weighted by Crippen LogP contribution is 2.27. The van der Waals surface area contributed by atoms with E-state index in [4.69, 9.17) is 5.10 Å². The van der Waals surface area contributed by atoms with E-state index >= 15 is 0 Å². The summed E-state index contributed by atoms with van der Waals surface area (Å²) >= 11 is 1.89. The van der Waals surface area contributed by atoms with Crippen molar-refractivity contribution in [3.63, 3.8) is 0 Å². The smallest absolute Gasteiger partial charge is 0.269 e. The van der Waals surface area contributed by atoms with E-state index in [2.05, 4.69) is 18.4 Å². The van der Waals surface area contributed by atoms with Crippen molar-refractivity contribution in [3.05, 3.63) is 55.8 Å². The number of nitrogens with zero attached hydrogens (tertiary/aromatic N) is 2. The molecule has 3 rings (SSSR count). The first kappa shape index (κ1) is 20.5. The van der Waals surface area contributed by atoms with Crippen LogP contribution in [0.3, 0.4) is 0 Å². The molecule has 0 amide bonds. The summed E-state index contributed by atoms with van der Waals surface area (Å²) in [5, 5.41) is 15.6. The highest BCUT2D eigenvalue weighted by Gasteiger charge is 2.14. The number of rotatable bonds is 3. The topological polar surface area (TPSA) is 67.5 Å². The molecule has 0 bridgehead atoms. The number of aryl methyl sites for hydroxylation is 2. The molecule has 0 radical (unpaired) electrons. The molecule has 1 N–H and O–H groups in total. The van der Waals surface area contributed by atoms with Crippen LogP contribution in [0.4, 0.5) is 11.4 Å². The average molecular weight is 400 g/mol. The second-order valence-electron chi connectivity index (χ2n) is 7.50. The maximum Gasteiger partial charge on any atom is 0.269 e.